The van der Waals surface area contributed by atoms with Crippen LogP contribution in [0.5, 0.6) is 0 Å². The Bertz CT molecular complexity index is 649. The predicted octanol–water partition coefficient (Wildman–Crippen LogP) is 2.34. The fourth-order valence-corrected chi connectivity index (χ4v) is 2.72. The van der Waals surface area contributed by atoms with Crippen LogP contribution in [0.15, 0.2) is 41.8 Å². The summed E-state index contributed by atoms with van der Waals surface area (Å²) in [5.74, 6) is -0.435. The zero-order chi connectivity index (χ0) is 16.2. The third-order valence-corrected chi connectivity index (χ3v) is 4.24. The van der Waals surface area contributed by atoms with Crippen LogP contribution < -0.4 is 10.6 Å². The van der Waals surface area contributed by atoms with Gasteiger partial charge in [0.25, 0.3) is 5.91 Å². The highest BCUT2D eigenvalue weighted by molar-refractivity contribution is 7.10. The molecule has 1 aromatic heterocycles. The van der Waals surface area contributed by atoms with E-state index in [1.54, 1.807) is 31.2 Å². The molecule has 5 nitrogen and oxygen atoms in total. The number of rotatable bonds is 5. The molecule has 0 bridgehead atoms. The molecule has 2 rings (SSSR count). The van der Waals surface area contributed by atoms with Crippen LogP contribution in [0.4, 0.5) is 5.69 Å². The molecular weight excluding hydrogens is 300 g/mol. The highest BCUT2D eigenvalue weighted by Gasteiger charge is 2.25. The van der Waals surface area contributed by atoms with Crippen molar-refractivity contribution in [2.24, 2.45) is 0 Å². The lowest BCUT2D eigenvalue weighted by molar-refractivity contribution is -0.114. The molecule has 0 aliphatic carbocycles. The number of carbonyl (C=O) groups excluding carboxylic acids is 2. The molecular formula is C16H18N2O3S. The van der Waals surface area contributed by atoms with E-state index >= 15 is 0 Å². The monoisotopic (exact) mass is 318 g/mol. The van der Waals surface area contributed by atoms with E-state index in [4.69, 9.17) is 0 Å². The molecule has 1 aromatic carbocycles. The number of hydrogen-bond donors (Lipinski definition) is 3. The molecule has 0 saturated carbocycles. The first kappa shape index (κ1) is 16.2. The van der Waals surface area contributed by atoms with Crippen LogP contribution in [0.3, 0.4) is 0 Å². The van der Waals surface area contributed by atoms with Crippen LogP contribution in [0.2, 0.25) is 0 Å². The standard InChI is InChI=1S/C16H18N2O3S/c1-11(19)18-13-7-5-12(6-8-13)15(20)17-10-16(2,21)14-4-3-9-22-14/h3-9,21H,10H2,1-2H3,(H,17,20)(H,18,19). The van der Waals surface area contributed by atoms with Gasteiger partial charge in [-0.2, -0.15) is 0 Å². The molecule has 0 spiro atoms. The number of thiophene rings is 1. The molecule has 1 unspecified atom stereocenters. The van der Waals surface area contributed by atoms with Crippen LogP contribution in [0.25, 0.3) is 0 Å². The van der Waals surface area contributed by atoms with Crippen LogP contribution >= 0.6 is 11.3 Å². The molecule has 0 saturated heterocycles. The minimum absolute atomic E-state index is 0.125. The zero-order valence-corrected chi connectivity index (χ0v) is 13.2. The summed E-state index contributed by atoms with van der Waals surface area (Å²) < 4.78 is 0. The zero-order valence-electron chi connectivity index (χ0n) is 12.4. The van der Waals surface area contributed by atoms with Gasteiger partial charge in [0.15, 0.2) is 0 Å². The molecule has 0 radical (unpaired) electrons. The lowest BCUT2D eigenvalue weighted by Crippen LogP contribution is -2.38. The molecule has 2 amide bonds. The summed E-state index contributed by atoms with van der Waals surface area (Å²) in [4.78, 5) is 23.8. The number of hydrogen-bond acceptors (Lipinski definition) is 4. The van der Waals surface area contributed by atoms with E-state index in [2.05, 4.69) is 10.6 Å². The van der Waals surface area contributed by atoms with Gasteiger partial charge in [-0.05, 0) is 42.6 Å². The second-order valence-electron chi connectivity index (χ2n) is 5.19. The van der Waals surface area contributed by atoms with Gasteiger partial charge < -0.3 is 15.7 Å². The smallest absolute Gasteiger partial charge is 0.251 e. The number of carbonyl (C=O) groups is 2. The average molecular weight is 318 g/mol. The number of benzene rings is 1. The Labute approximate surface area is 133 Å². The van der Waals surface area contributed by atoms with Crippen molar-refractivity contribution in [1.82, 2.24) is 5.32 Å². The van der Waals surface area contributed by atoms with Crippen molar-refractivity contribution in [2.75, 3.05) is 11.9 Å². The Kier molecular flexibility index (Phi) is 4.95. The topological polar surface area (TPSA) is 78.4 Å². The minimum atomic E-state index is -1.10. The summed E-state index contributed by atoms with van der Waals surface area (Å²) in [7, 11) is 0. The quantitative estimate of drug-likeness (QED) is 0.792. The Morgan fingerprint density at radius 2 is 1.91 bits per heavy atom. The van der Waals surface area contributed by atoms with Crippen molar-refractivity contribution in [3.8, 4) is 0 Å². The summed E-state index contributed by atoms with van der Waals surface area (Å²) in [5.41, 5.74) is 0.00524. The summed E-state index contributed by atoms with van der Waals surface area (Å²) >= 11 is 1.44. The van der Waals surface area contributed by atoms with Gasteiger partial charge in [0.05, 0.1) is 6.54 Å². The fourth-order valence-electron chi connectivity index (χ4n) is 1.93. The highest BCUT2D eigenvalue weighted by atomic mass is 32.1. The van der Waals surface area contributed by atoms with E-state index in [1.807, 2.05) is 17.5 Å². The lowest BCUT2D eigenvalue weighted by atomic mass is 10.0. The molecule has 6 heteroatoms. The largest absolute Gasteiger partial charge is 0.383 e. The average Bonchev–Trinajstić information content (AvgIpc) is 3.00. The molecule has 3 N–H and O–H groups in total. The fraction of sp³-hybridized carbons (Fsp3) is 0.250. The van der Waals surface area contributed by atoms with Crippen molar-refractivity contribution in [3.63, 3.8) is 0 Å². The van der Waals surface area contributed by atoms with Gasteiger partial charge in [-0.1, -0.05) is 6.07 Å². The number of aliphatic hydroxyl groups is 1. The number of nitrogens with one attached hydrogen (secondary N) is 2. The first-order valence-electron chi connectivity index (χ1n) is 6.81. The second kappa shape index (κ2) is 6.72. The maximum absolute atomic E-state index is 12.1. The number of amides is 2. The van der Waals surface area contributed by atoms with E-state index in [9.17, 15) is 14.7 Å². The van der Waals surface area contributed by atoms with Gasteiger partial charge >= 0.3 is 0 Å². The van der Waals surface area contributed by atoms with Crippen molar-refractivity contribution >= 4 is 28.8 Å². The first-order valence-corrected chi connectivity index (χ1v) is 7.69. The van der Waals surface area contributed by atoms with Crippen LogP contribution in [-0.2, 0) is 10.4 Å². The summed E-state index contributed by atoms with van der Waals surface area (Å²) in [5, 5.41) is 17.6. The summed E-state index contributed by atoms with van der Waals surface area (Å²) in [6, 6.07) is 10.3. The molecule has 0 aliphatic heterocycles. The van der Waals surface area contributed by atoms with Gasteiger partial charge in [0.1, 0.15) is 5.60 Å². The highest BCUT2D eigenvalue weighted by Crippen LogP contribution is 2.24. The Hall–Kier alpha value is -2.18. The molecule has 2 aromatic rings. The summed E-state index contributed by atoms with van der Waals surface area (Å²) in [6.07, 6.45) is 0. The van der Waals surface area contributed by atoms with Crippen molar-refractivity contribution < 1.29 is 14.7 Å². The SMILES string of the molecule is CC(=O)Nc1ccc(C(=O)NCC(C)(O)c2cccs2)cc1. The van der Waals surface area contributed by atoms with Crippen LogP contribution in [0.1, 0.15) is 29.1 Å². The second-order valence-corrected chi connectivity index (χ2v) is 6.14. The first-order chi connectivity index (χ1) is 10.4. The van der Waals surface area contributed by atoms with E-state index in [0.29, 0.717) is 11.3 Å². The van der Waals surface area contributed by atoms with Crippen molar-refractivity contribution in [1.29, 1.82) is 0 Å². The van der Waals surface area contributed by atoms with Gasteiger partial charge in [-0.25, -0.2) is 0 Å². The van der Waals surface area contributed by atoms with E-state index in [0.717, 1.165) is 4.88 Å². The van der Waals surface area contributed by atoms with E-state index < -0.39 is 5.60 Å². The Balaban J connectivity index is 1.96. The molecule has 0 aliphatic rings. The molecule has 0 fully saturated rings. The minimum Gasteiger partial charge on any atom is -0.383 e. The lowest BCUT2D eigenvalue weighted by Gasteiger charge is -2.22. The summed E-state index contributed by atoms with van der Waals surface area (Å²) in [6.45, 7) is 3.21. The van der Waals surface area contributed by atoms with Crippen LogP contribution in [-0.4, -0.2) is 23.5 Å². The van der Waals surface area contributed by atoms with Gasteiger partial charge in [-0.3, -0.25) is 9.59 Å². The van der Waals surface area contributed by atoms with Gasteiger partial charge in [0, 0.05) is 23.1 Å². The maximum Gasteiger partial charge on any atom is 0.251 e. The normalized spacial score (nSPS) is 13.2. The molecule has 1 heterocycles. The number of anilines is 1. The van der Waals surface area contributed by atoms with Crippen LogP contribution in [0, 0.1) is 0 Å². The van der Waals surface area contributed by atoms with Gasteiger partial charge in [0.2, 0.25) is 5.91 Å². The maximum atomic E-state index is 12.1. The van der Waals surface area contributed by atoms with Gasteiger partial charge in [-0.15, -0.1) is 11.3 Å². The van der Waals surface area contributed by atoms with Crippen molar-refractivity contribution in [2.45, 2.75) is 19.4 Å². The molecule has 116 valence electrons. The third kappa shape index (κ3) is 4.16. The van der Waals surface area contributed by atoms with E-state index in [1.165, 1.54) is 18.3 Å². The predicted molar refractivity (Wildman–Crippen MR) is 87.0 cm³/mol. The molecule has 22 heavy (non-hydrogen) atoms. The Morgan fingerprint density at radius 3 is 2.45 bits per heavy atom. The van der Waals surface area contributed by atoms with E-state index in [-0.39, 0.29) is 18.4 Å². The molecule has 1 atom stereocenters. The third-order valence-electron chi connectivity index (χ3n) is 3.11. The van der Waals surface area contributed by atoms with Crippen molar-refractivity contribution in [3.05, 3.63) is 52.2 Å². The Morgan fingerprint density at radius 1 is 1.23 bits per heavy atom.